The number of benzene rings is 2. The Bertz CT molecular complexity index is 557. The van der Waals surface area contributed by atoms with E-state index in [-0.39, 0.29) is 5.41 Å². The Hall–Kier alpha value is -1.60. The molecule has 1 N–H and O–H groups in total. The molecule has 0 aromatic heterocycles. The zero-order chi connectivity index (χ0) is 15.3. The van der Waals surface area contributed by atoms with Crippen molar-refractivity contribution in [3.63, 3.8) is 0 Å². The lowest BCUT2D eigenvalue weighted by Gasteiger charge is -2.29. The van der Waals surface area contributed by atoms with Crippen LogP contribution in [0.3, 0.4) is 0 Å². The molecule has 21 heavy (non-hydrogen) atoms. The average Bonchev–Trinajstić information content (AvgIpc) is 2.47. The molecule has 2 aromatic carbocycles. The molecule has 0 aliphatic carbocycles. The van der Waals surface area contributed by atoms with Crippen molar-refractivity contribution in [2.24, 2.45) is 0 Å². The second-order valence-corrected chi connectivity index (χ2v) is 6.66. The van der Waals surface area contributed by atoms with Crippen molar-refractivity contribution in [3.8, 4) is 0 Å². The van der Waals surface area contributed by atoms with Crippen molar-refractivity contribution in [2.45, 2.75) is 52.1 Å². The first-order valence-electron chi connectivity index (χ1n) is 7.82. The van der Waals surface area contributed by atoms with E-state index in [1.807, 2.05) is 0 Å². The van der Waals surface area contributed by atoms with E-state index in [1.165, 1.54) is 16.7 Å². The lowest BCUT2D eigenvalue weighted by molar-refractivity contribution is 0.388. The topological polar surface area (TPSA) is 12.0 Å². The van der Waals surface area contributed by atoms with Gasteiger partial charge < -0.3 is 5.32 Å². The van der Waals surface area contributed by atoms with Crippen molar-refractivity contribution in [1.29, 1.82) is 0 Å². The molecule has 0 aliphatic rings. The van der Waals surface area contributed by atoms with Gasteiger partial charge in [0.25, 0.3) is 0 Å². The van der Waals surface area contributed by atoms with Crippen LogP contribution >= 0.6 is 0 Å². The Morgan fingerprint density at radius 1 is 0.952 bits per heavy atom. The molecule has 0 amide bonds. The first-order valence-corrected chi connectivity index (χ1v) is 7.82. The maximum atomic E-state index is 3.67. The van der Waals surface area contributed by atoms with Crippen LogP contribution in [0.4, 0.5) is 0 Å². The molecule has 2 rings (SSSR count). The van der Waals surface area contributed by atoms with E-state index in [9.17, 15) is 0 Å². The van der Waals surface area contributed by atoms with Gasteiger partial charge >= 0.3 is 0 Å². The van der Waals surface area contributed by atoms with E-state index in [0.717, 1.165) is 13.0 Å². The largest absolute Gasteiger partial charge is 0.310 e. The van der Waals surface area contributed by atoms with Crippen LogP contribution in [-0.2, 0) is 12.0 Å². The summed E-state index contributed by atoms with van der Waals surface area (Å²) in [5, 5.41) is 3.67. The highest BCUT2D eigenvalue weighted by atomic mass is 14.9. The van der Waals surface area contributed by atoms with Crippen LogP contribution in [0.5, 0.6) is 0 Å². The third-order valence-electron chi connectivity index (χ3n) is 4.27. The lowest BCUT2D eigenvalue weighted by atomic mass is 9.79. The Morgan fingerprint density at radius 2 is 1.57 bits per heavy atom. The minimum atomic E-state index is 0.194. The van der Waals surface area contributed by atoms with Gasteiger partial charge in [0.2, 0.25) is 0 Å². The van der Waals surface area contributed by atoms with Crippen molar-refractivity contribution >= 4 is 0 Å². The molecule has 1 unspecified atom stereocenters. The smallest absolute Gasteiger partial charge is 0.0210 e. The summed E-state index contributed by atoms with van der Waals surface area (Å²) in [7, 11) is 0. The third kappa shape index (κ3) is 4.44. The normalized spacial score (nSPS) is 13.1. The van der Waals surface area contributed by atoms with Gasteiger partial charge in [-0.05, 0) is 42.4 Å². The summed E-state index contributed by atoms with van der Waals surface area (Å²) in [6, 6.07) is 19.9. The summed E-state index contributed by atoms with van der Waals surface area (Å²) in [5.74, 6) is 0. The quantitative estimate of drug-likeness (QED) is 0.799. The summed E-state index contributed by atoms with van der Waals surface area (Å²) >= 11 is 0. The molecule has 0 spiro atoms. The fourth-order valence-corrected chi connectivity index (χ4v) is 2.94. The molecule has 0 fully saturated rings. The van der Waals surface area contributed by atoms with Gasteiger partial charge in [0.1, 0.15) is 0 Å². The fraction of sp³-hybridized carbons (Fsp3) is 0.400. The van der Waals surface area contributed by atoms with Gasteiger partial charge in [-0.15, -0.1) is 0 Å². The second kappa shape index (κ2) is 6.91. The van der Waals surface area contributed by atoms with Crippen LogP contribution in [-0.4, -0.2) is 6.04 Å². The zero-order valence-electron chi connectivity index (χ0n) is 13.7. The van der Waals surface area contributed by atoms with Gasteiger partial charge in [-0.2, -0.15) is 0 Å². The van der Waals surface area contributed by atoms with E-state index in [4.69, 9.17) is 0 Å². The molecule has 0 radical (unpaired) electrons. The molecule has 0 saturated heterocycles. The Labute approximate surface area is 129 Å². The molecule has 112 valence electrons. The Kier molecular flexibility index (Phi) is 5.19. The monoisotopic (exact) mass is 281 g/mol. The SMILES string of the molecule is Cc1ccccc1CNC(C)CC(C)(C)c1ccccc1. The molecule has 0 aliphatic heterocycles. The minimum absolute atomic E-state index is 0.194. The maximum Gasteiger partial charge on any atom is 0.0210 e. The molecule has 0 heterocycles. The molecule has 1 atom stereocenters. The summed E-state index contributed by atoms with van der Waals surface area (Å²) < 4.78 is 0. The Morgan fingerprint density at radius 3 is 2.24 bits per heavy atom. The van der Waals surface area contributed by atoms with E-state index in [2.05, 4.69) is 87.6 Å². The highest BCUT2D eigenvalue weighted by molar-refractivity contribution is 5.26. The fourth-order valence-electron chi connectivity index (χ4n) is 2.94. The van der Waals surface area contributed by atoms with Gasteiger partial charge in [0.05, 0.1) is 0 Å². The molecule has 0 bridgehead atoms. The van der Waals surface area contributed by atoms with E-state index >= 15 is 0 Å². The highest BCUT2D eigenvalue weighted by Gasteiger charge is 2.22. The molecule has 1 nitrogen and oxygen atoms in total. The van der Waals surface area contributed by atoms with Crippen molar-refractivity contribution in [3.05, 3.63) is 71.3 Å². The predicted octanol–water partition coefficient (Wildman–Crippen LogP) is 4.84. The van der Waals surface area contributed by atoms with E-state index < -0.39 is 0 Å². The van der Waals surface area contributed by atoms with Crippen LogP contribution in [0.2, 0.25) is 0 Å². The first kappa shape index (κ1) is 15.8. The van der Waals surface area contributed by atoms with Crippen LogP contribution in [0.25, 0.3) is 0 Å². The van der Waals surface area contributed by atoms with Crippen molar-refractivity contribution < 1.29 is 0 Å². The van der Waals surface area contributed by atoms with Gasteiger partial charge in [0.15, 0.2) is 0 Å². The number of nitrogens with one attached hydrogen (secondary N) is 1. The molecular weight excluding hydrogens is 254 g/mol. The highest BCUT2D eigenvalue weighted by Crippen LogP contribution is 2.28. The molecule has 1 heteroatoms. The van der Waals surface area contributed by atoms with Gasteiger partial charge in [-0.25, -0.2) is 0 Å². The van der Waals surface area contributed by atoms with Crippen LogP contribution in [0, 0.1) is 6.92 Å². The van der Waals surface area contributed by atoms with Crippen LogP contribution < -0.4 is 5.32 Å². The summed E-state index contributed by atoms with van der Waals surface area (Å²) in [4.78, 5) is 0. The standard InChI is InChI=1S/C20H27N/c1-16-10-8-9-11-18(16)15-21-17(2)14-20(3,4)19-12-6-5-7-13-19/h5-13,17,21H,14-15H2,1-4H3. The summed E-state index contributed by atoms with van der Waals surface area (Å²) in [6.07, 6.45) is 1.13. The van der Waals surface area contributed by atoms with Crippen LogP contribution in [0.15, 0.2) is 54.6 Å². The summed E-state index contributed by atoms with van der Waals surface area (Å²) in [6.45, 7) is 10.1. The second-order valence-electron chi connectivity index (χ2n) is 6.66. The van der Waals surface area contributed by atoms with Gasteiger partial charge in [-0.1, -0.05) is 68.4 Å². The summed E-state index contributed by atoms with van der Waals surface area (Å²) in [5.41, 5.74) is 4.36. The van der Waals surface area contributed by atoms with Crippen molar-refractivity contribution in [1.82, 2.24) is 5.32 Å². The predicted molar refractivity (Wildman–Crippen MR) is 91.6 cm³/mol. The number of hydrogen-bond donors (Lipinski definition) is 1. The van der Waals surface area contributed by atoms with E-state index in [0.29, 0.717) is 6.04 Å². The minimum Gasteiger partial charge on any atom is -0.310 e. The van der Waals surface area contributed by atoms with Gasteiger partial charge in [0, 0.05) is 12.6 Å². The lowest BCUT2D eigenvalue weighted by Crippen LogP contribution is -2.33. The third-order valence-corrected chi connectivity index (χ3v) is 4.27. The van der Waals surface area contributed by atoms with E-state index in [1.54, 1.807) is 0 Å². The Balaban J connectivity index is 1.93. The number of hydrogen-bond acceptors (Lipinski definition) is 1. The molecule has 2 aromatic rings. The first-order chi connectivity index (χ1) is 9.99. The number of rotatable bonds is 6. The van der Waals surface area contributed by atoms with Crippen molar-refractivity contribution in [2.75, 3.05) is 0 Å². The maximum absolute atomic E-state index is 3.67. The average molecular weight is 281 g/mol. The molecular formula is C20H27N. The number of aryl methyl sites for hydroxylation is 1. The molecule has 0 saturated carbocycles. The van der Waals surface area contributed by atoms with Gasteiger partial charge in [-0.3, -0.25) is 0 Å². The van der Waals surface area contributed by atoms with Crippen LogP contribution in [0.1, 0.15) is 43.9 Å². The zero-order valence-corrected chi connectivity index (χ0v) is 13.7.